The van der Waals surface area contributed by atoms with Crippen LogP contribution in [0.15, 0.2) is 18.5 Å². The zero-order valence-electron chi connectivity index (χ0n) is 8.97. The molecule has 0 amide bonds. The van der Waals surface area contributed by atoms with Crippen molar-refractivity contribution in [1.82, 2.24) is 4.98 Å². The van der Waals surface area contributed by atoms with Crippen molar-refractivity contribution < 1.29 is 4.74 Å². The number of nitrogens with two attached hydrogens (primary N) is 1. The Hall–Kier alpha value is -1.64. The van der Waals surface area contributed by atoms with Gasteiger partial charge in [0.05, 0.1) is 30.2 Å². The summed E-state index contributed by atoms with van der Waals surface area (Å²) in [6.07, 6.45) is 3.39. The first-order valence-corrected chi connectivity index (χ1v) is 5.26. The predicted molar refractivity (Wildman–Crippen MR) is 60.0 cm³/mol. The van der Waals surface area contributed by atoms with Crippen molar-refractivity contribution in [3.63, 3.8) is 0 Å². The van der Waals surface area contributed by atoms with Gasteiger partial charge in [0.15, 0.2) is 0 Å². The van der Waals surface area contributed by atoms with E-state index in [1.54, 1.807) is 18.5 Å². The Labute approximate surface area is 94.4 Å². The third-order valence-electron chi connectivity index (χ3n) is 2.66. The Morgan fingerprint density at radius 3 is 3.31 bits per heavy atom. The summed E-state index contributed by atoms with van der Waals surface area (Å²) in [7, 11) is 0. The second-order valence-corrected chi connectivity index (χ2v) is 3.68. The molecule has 1 aromatic heterocycles. The molecule has 2 N–H and O–H groups in total. The standard InChI is InChI=1S/C11H14N4O/c12-5-9-1-2-14-7-11(9)15-3-4-16-10(6-13)8-15/h1-2,7,10H,3-4,6,8,13H2. The predicted octanol–water partition coefficient (Wildman–Crippen LogP) is 0.117. The van der Waals surface area contributed by atoms with Gasteiger partial charge in [0.2, 0.25) is 0 Å². The lowest BCUT2D eigenvalue weighted by Crippen LogP contribution is -2.46. The van der Waals surface area contributed by atoms with E-state index in [1.807, 2.05) is 0 Å². The molecule has 0 radical (unpaired) electrons. The van der Waals surface area contributed by atoms with Crippen molar-refractivity contribution >= 4 is 5.69 Å². The number of pyridine rings is 1. The summed E-state index contributed by atoms with van der Waals surface area (Å²) in [4.78, 5) is 6.16. The largest absolute Gasteiger partial charge is 0.373 e. The highest BCUT2D eigenvalue weighted by atomic mass is 16.5. The van der Waals surface area contributed by atoms with Crippen molar-refractivity contribution in [3.05, 3.63) is 24.0 Å². The molecule has 5 heteroatoms. The Morgan fingerprint density at radius 2 is 2.56 bits per heavy atom. The summed E-state index contributed by atoms with van der Waals surface area (Å²) in [5, 5.41) is 9.01. The molecule has 1 aliphatic rings. The molecule has 16 heavy (non-hydrogen) atoms. The Morgan fingerprint density at radius 1 is 1.69 bits per heavy atom. The SMILES string of the molecule is N#Cc1ccncc1N1CCOC(CN)C1. The summed E-state index contributed by atoms with van der Waals surface area (Å²) in [6, 6.07) is 3.90. The first kappa shape index (κ1) is 10.9. The second kappa shape index (κ2) is 4.92. The van der Waals surface area contributed by atoms with Gasteiger partial charge in [-0.1, -0.05) is 0 Å². The first-order chi connectivity index (χ1) is 7.85. The summed E-state index contributed by atoms with van der Waals surface area (Å²) in [6.45, 7) is 2.63. The zero-order chi connectivity index (χ0) is 11.4. The maximum Gasteiger partial charge on any atom is 0.101 e. The molecule has 0 spiro atoms. The van der Waals surface area contributed by atoms with Crippen molar-refractivity contribution in [2.45, 2.75) is 6.10 Å². The molecule has 0 saturated carbocycles. The van der Waals surface area contributed by atoms with Crippen LogP contribution in [0.25, 0.3) is 0 Å². The maximum atomic E-state index is 9.01. The van der Waals surface area contributed by atoms with Crippen LogP contribution in [0.5, 0.6) is 0 Å². The van der Waals surface area contributed by atoms with Crippen LogP contribution in [0.4, 0.5) is 5.69 Å². The second-order valence-electron chi connectivity index (χ2n) is 3.68. The number of rotatable bonds is 2. The minimum absolute atomic E-state index is 0.0421. The summed E-state index contributed by atoms with van der Waals surface area (Å²) in [5.74, 6) is 0. The zero-order valence-corrected chi connectivity index (χ0v) is 8.97. The lowest BCUT2D eigenvalue weighted by Gasteiger charge is -2.34. The highest BCUT2D eigenvalue weighted by Crippen LogP contribution is 2.20. The van der Waals surface area contributed by atoms with Crippen LogP contribution in [0.2, 0.25) is 0 Å². The van der Waals surface area contributed by atoms with E-state index in [9.17, 15) is 0 Å². The van der Waals surface area contributed by atoms with Crippen LogP contribution in [-0.4, -0.2) is 37.3 Å². The molecular weight excluding hydrogens is 204 g/mol. The van der Waals surface area contributed by atoms with Gasteiger partial charge in [0.25, 0.3) is 0 Å². The van der Waals surface area contributed by atoms with Crippen molar-refractivity contribution in [2.75, 3.05) is 31.1 Å². The molecule has 0 aromatic carbocycles. The number of hydrogen-bond donors (Lipinski definition) is 1. The molecule has 2 rings (SSSR count). The van der Waals surface area contributed by atoms with E-state index in [4.69, 9.17) is 15.7 Å². The Balaban J connectivity index is 2.20. The van der Waals surface area contributed by atoms with E-state index in [0.717, 1.165) is 18.8 Å². The van der Waals surface area contributed by atoms with Crippen LogP contribution in [0, 0.1) is 11.3 Å². The highest BCUT2D eigenvalue weighted by Gasteiger charge is 2.21. The van der Waals surface area contributed by atoms with Gasteiger partial charge in [-0.15, -0.1) is 0 Å². The average Bonchev–Trinajstić information content (AvgIpc) is 2.38. The molecule has 1 atom stereocenters. The van der Waals surface area contributed by atoms with Crippen molar-refractivity contribution in [1.29, 1.82) is 5.26 Å². The average molecular weight is 218 g/mol. The number of nitrogens with zero attached hydrogens (tertiary/aromatic N) is 3. The number of ether oxygens (including phenoxy) is 1. The van der Waals surface area contributed by atoms with Gasteiger partial charge in [-0.05, 0) is 6.07 Å². The molecule has 1 aliphatic heterocycles. The monoisotopic (exact) mass is 218 g/mol. The molecular formula is C11H14N4O. The van der Waals surface area contributed by atoms with E-state index in [1.165, 1.54) is 0 Å². The van der Waals surface area contributed by atoms with Crippen LogP contribution in [0.3, 0.4) is 0 Å². The lowest BCUT2D eigenvalue weighted by molar-refractivity contribution is 0.0465. The number of nitriles is 1. The number of morpholine rings is 1. The number of hydrogen-bond acceptors (Lipinski definition) is 5. The minimum atomic E-state index is 0.0421. The van der Waals surface area contributed by atoms with Gasteiger partial charge in [-0.2, -0.15) is 5.26 Å². The third-order valence-corrected chi connectivity index (χ3v) is 2.66. The minimum Gasteiger partial charge on any atom is -0.373 e. The van der Waals surface area contributed by atoms with Gasteiger partial charge < -0.3 is 15.4 Å². The molecule has 2 heterocycles. The fraction of sp³-hybridized carbons (Fsp3) is 0.455. The van der Waals surface area contributed by atoms with Crippen LogP contribution in [-0.2, 0) is 4.74 Å². The molecule has 1 unspecified atom stereocenters. The van der Waals surface area contributed by atoms with E-state index in [2.05, 4.69) is 16.0 Å². The fourth-order valence-corrected chi connectivity index (χ4v) is 1.81. The lowest BCUT2D eigenvalue weighted by atomic mass is 10.2. The molecule has 1 fully saturated rings. The molecule has 1 aromatic rings. The van der Waals surface area contributed by atoms with Crippen LogP contribution >= 0.6 is 0 Å². The van der Waals surface area contributed by atoms with Crippen LogP contribution in [0.1, 0.15) is 5.56 Å². The van der Waals surface area contributed by atoms with Gasteiger partial charge in [0, 0.05) is 25.8 Å². The molecule has 0 aliphatic carbocycles. The normalized spacial score (nSPS) is 20.5. The van der Waals surface area contributed by atoms with Gasteiger partial charge in [0.1, 0.15) is 6.07 Å². The third kappa shape index (κ3) is 2.13. The maximum absolute atomic E-state index is 9.01. The molecule has 0 bridgehead atoms. The highest BCUT2D eigenvalue weighted by molar-refractivity contribution is 5.57. The quantitative estimate of drug-likeness (QED) is 0.763. The van der Waals surface area contributed by atoms with Crippen molar-refractivity contribution in [2.24, 2.45) is 5.73 Å². The summed E-state index contributed by atoms with van der Waals surface area (Å²) < 4.78 is 5.48. The Kier molecular flexibility index (Phi) is 3.34. The summed E-state index contributed by atoms with van der Waals surface area (Å²) >= 11 is 0. The van der Waals surface area contributed by atoms with E-state index < -0.39 is 0 Å². The number of anilines is 1. The molecule has 1 saturated heterocycles. The first-order valence-electron chi connectivity index (χ1n) is 5.26. The summed E-state index contributed by atoms with van der Waals surface area (Å²) in [5.41, 5.74) is 7.10. The van der Waals surface area contributed by atoms with Crippen molar-refractivity contribution in [3.8, 4) is 6.07 Å². The van der Waals surface area contributed by atoms with Gasteiger partial charge >= 0.3 is 0 Å². The van der Waals surface area contributed by atoms with Crippen LogP contribution < -0.4 is 10.6 Å². The van der Waals surface area contributed by atoms with E-state index in [0.29, 0.717) is 18.7 Å². The fourth-order valence-electron chi connectivity index (χ4n) is 1.81. The smallest absolute Gasteiger partial charge is 0.101 e. The van der Waals surface area contributed by atoms with E-state index >= 15 is 0 Å². The van der Waals surface area contributed by atoms with E-state index in [-0.39, 0.29) is 6.10 Å². The Bertz CT molecular complexity index is 401. The molecule has 5 nitrogen and oxygen atoms in total. The number of aromatic nitrogens is 1. The van der Waals surface area contributed by atoms with Gasteiger partial charge in [-0.25, -0.2) is 0 Å². The molecule has 84 valence electrons. The topological polar surface area (TPSA) is 75.2 Å². The van der Waals surface area contributed by atoms with Gasteiger partial charge in [-0.3, -0.25) is 4.98 Å².